The second-order valence-corrected chi connectivity index (χ2v) is 3.76. The smallest absolute Gasteiger partial charge is 0.0437 e. The van der Waals surface area contributed by atoms with Gasteiger partial charge in [0.05, 0.1) is 0 Å². The zero-order valence-electron chi connectivity index (χ0n) is 8.05. The third-order valence-corrected chi connectivity index (χ3v) is 2.48. The summed E-state index contributed by atoms with van der Waals surface area (Å²) in [4.78, 5) is 5.16. The number of pyridine rings is 1. The predicted octanol–water partition coefficient (Wildman–Crippen LogP) is 3.18. The van der Waals surface area contributed by atoms with Gasteiger partial charge in [-0.1, -0.05) is 24.1 Å². The van der Waals surface area contributed by atoms with Crippen molar-refractivity contribution in [2.75, 3.05) is 0 Å². The molecule has 0 aliphatic carbocycles. The molecule has 0 fully saturated rings. The third kappa shape index (κ3) is 3.16. The molecule has 0 bridgehead atoms. The van der Waals surface area contributed by atoms with Crippen molar-refractivity contribution in [2.45, 2.75) is 4.90 Å². The van der Waals surface area contributed by atoms with Crippen LogP contribution < -0.4 is 0 Å². The van der Waals surface area contributed by atoms with Gasteiger partial charge < -0.3 is 0 Å². The third-order valence-electron chi connectivity index (χ3n) is 1.77. The lowest BCUT2D eigenvalue weighted by Crippen LogP contribution is -1.73. The first-order chi connectivity index (χ1) is 7.45. The molecular weight excluding hydrogens is 202 g/mol. The van der Waals surface area contributed by atoms with Crippen molar-refractivity contribution < 1.29 is 0 Å². The largest absolute Gasteiger partial charge is 0.263 e. The standard InChI is InChI=1S/C13H9NS/c1-2-6-13(7-3-1)15-10-8-12-5-4-9-14-11-12/h1-7,9,11H. The van der Waals surface area contributed by atoms with Crippen LogP contribution >= 0.6 is 11.8 Å². The van der Waals surface area contributed by atoms with E-state index in [-0.39, 0.29) is 0 Å². The molecule has 1 nitrogen and oxygen atoms in total. The number of benzene rings is 1. The zero-order valence-corrected chi connectivity index (χ0v) is 8.87. The van der Waals surface area contributed by atoms with Crippen LogP contribution in [0.1, 0.15) is 5.56 Å². The average molecular weight is 211 g/mol. The van der Waals surface area contributed by atoms with E-state index in [0.29, 0.717) is 0 Å². The Kier molecular flexibility index (Phi) is 3.43. The first-order valence-electron chi connectivity index (χ1n) is 4.58. The molecule has 2 aromatic rings. The molecule has 0 aliphatic rings. The maximum atomic E-state index is 4.00. The van der Waals surface area contributed by atoms with Gasteiger partial charge in [0, 0.05) is 22.9 Å². The van der Waals surface area contributed by atoms with E-state index >= 15 is 0 Å². The van der Waals surface area contributed by atoms with Crippen molar-refractivity contribution in [2.24, 2.45) is 0 Å². The highest BCUT2D eigenvalue weighted by atomic mass is 32.2. The minimum atomic E-state index is 0.945. The first-order valence-corrected chi connectivity index (χ1v) is 5.40. The number of nitrogens with zero attached hydrogens (tertiary/aromatic N) is 1. The van der Waals surface area contributed by atoms with Crippen LogP contribution in [-0.4, -0.2) is 4.98 Å². The van der Waals surface area contributed by atoms with Gasteiger partial charge >= 0.3 is 0 Å². The summed E-state index contributed by atoms with van der Waals surface area (Å²) in [5, 5.41) is 3.04. The molecule has 0 saturated heterocycles. The van der Waals surface area contributed by atoms with Gasteiger partial charge in [-0.2, -0.15) is 0 Å². The Bertz CT molecular complexity index is 468. The minimum absolute atomic E-state index is 0.945. The van der Waals surface area contributed by atoms with Gasteiger partial charge in [-0.3, -0.25) is 4.98 Å². The Labute approximate surface area is 93.6 Å². The van der Waals surface area contributed by atoms with Crippen LogP contribution in [0.4, 0.5) is 0 Å². The van der Waals surface area contributed by atoms with Crippen molar-refractivity contribution >= 4 is 11.8 Å². The molecule has 2 heteroatoms. The summed E-state index contributed by atoms with van der Waals surface area (Å²) >= 11 is 1.53. The number of thioether (sulfide) groups is 1. The summed E-state index contributed by atoms with van der Waals surface area (Å²) in [6.07, 6.45) is 3.51. The summed E-state index contributed by atoms with van der Waals surface area (Å²) in [5.41, 5.74) is 0.945. The molecule has 1 aromatic carbocycles. The molecule has 0 radical (unpaired) electrons. The van der Waals surface area contributed by atoms with E-state index in [1.165, 1.54) is 11.8 Å². The van der Waals surface area contributed by atoms with Crippen molar-refractivity contribution in [1.29, 1.82) is 0 Å². The summed E-state index contributed by atoms with van der Waals surface area (Å²) in [6.45, 7) is 0. The van der Waals surface area contributed by atoms with Gasteiger partial charge in [0.1, 0.15) is 0 Å². The van der Waals surface area contributed by atoms with Gasteiger partial charge in [-0.15, -0.1) is 0 Å². The van der Waals surface area contributed by atoms with E-state index in [9.17, 15) is 0 Å². The van der Waals surface area contributed by atoms with Crippen LogP contribution in [-0.2, 0) is 0 Å². The summed E-state index contributed by atoms with van der Waals surface area (Å²) < 4.78 is 0. The maximum absolute atomic E-state index is 4.00. The highest BCUT2D eigenvalue weighted by molar-refractivity contribution is 8.03. The Morgan fingerprint density at radius 3 is 2.60 bits per heavy atom. The van der Waals surface area contributed by atoms with Gasteiger partial charge in [0.25, 0.3) is 0 Å². The quantitative estimate of drug-likeness (QED) is 0.531. The molecular formula is C13H9NS. The van der Waals surface area contributed by atoms with Crippen molar-refractivity contribution in [3.63, 3.8) is 0 Å². The molecule has 0 atom stereocenters. The molecule has 0 spiro atoms. The van der Waals surface area contributed by atoms with Gasteiger partial charge in [-0.25, -0.2) is 0 Å². The fourth-order valence-electron chi connectivity index (χ4n) is 1.07. The van der Waals surface area contributed by atoms with E-state index in [1.807, 2.05) is 42.5 Å². The van der Waals surface area contributed by atoms with E-state index in [0.717, 1.165) is 10.5 Å². The number of hydrogen-bond acceptors (Lipinski definition) is 2. The van der Waals surface area contributed by atoms with Crippen molar-refractivity contribution in [3.8, 4) is 11.2 Å². The fraction of sp³-hybridized carbons (Fsp3) is 0. The summed E-state index contributed by atoms with van der Waals surface area (Å²) in [7, 11) is 0. The van der Waals surface area contributed by atoms with Crippen LogP contribution in [0, 0.1) is 11.2 Å². The molecule has 15 heavy (non-hydrogen) atoms. The fourth-order valence-corrected chi connectivity index (χ4v) is 1.65. The van der Waals surface area contributed by atoms with E-state index in [1.54, 1.807) is 12.4 Å². The summed E-state index contributed by atoms with van der Waals surface area (Å²) in [5.74, 6) is 3.04. The minimum Gasteiger partial charge on any atom is -0.263 e. The molecule has 0 saturated carbocycles. The van der Waals surface area contributed by atoms with Crippen LogP contribution in [0.25, 0.3) is 0 Å². The van der Waals surface area contributed by atoms with Crippen molar-refractivity contribution in [1.82, 2.24) is 4.98 Å². The molecule has 0 aliphatic heterocycles. The monoisotopic (exact) mass is 211 g/mol. The molecule has 1 heterocycles. The first kappa shape index (κ1) is 9.82. The number of hydrogen-bond donors (Lipinski definition) is 0. The number of aromatic nitrogens is 1. The highest BCUT2D eigenvalue weighted by Gasteiger charge is 1.87. The van der Waals surface area contributed by atoms with Crippen LogP contribution in [0.3, 0.4) is 0 Å². The molecule has 2 rings (SSSR count). The second kappa shape index (κ2) is 5.23. The molecule has 0 unspecified atom stereocenters. The molecule has 72 valence electrons. The molecule has 1 aromatic heterocycles. The molecule has 0 amide bonds. The highest BCUT2D eigenvalue weighted by Crippen LogP contribution is 2.15. The van der Waals surface area contributed by atoms with E-state index < -0.39 is 0 Å². The zero-order chi connectivity index (χ0) is 10.3. The van der Waals surface area contributed by atoms with Crippen LogP contribution in [0.2, 0.25) is 0 Å². The lowest BCUT2D eigenvalue weighted by molar-refractivity contribution is 1.31. The Morgan fingerprint density at radius 1 is 1.00 bits per heavy atom. The Hall–Kier alpha value is -1.72. The second-order valence-electron chi connectivity index (χ2n) is 2.88. The predicted molar refractivity (Wildman–Crippen MR) is 63.4 cm³/mol. The van der Waals surface area contributed by atoms with E-state index in [2.05, 4.69) is 16.2 Å². The number of rotatable bonds is 1. The molecule has 0 N–H and O–H groups in total. The maximum Gasteiger partial charge on any atom is 0.0437 e. The lowest BCUT2D eigenvalue weighted by Gasteiger charge is -1.90. The Morgan fingerprint density at radius 2 is 1.87 bits per heavy atom. The SMILES string of the molecule is C(#Cc1cccnc1)Sc1ccccc1. The summed E-state index contributed by atoms with van der Waals surface area (Å²) in [6, 6.07) is 13.9. The van der Waals surface area contributed by atoms with Gasteiger partial charge in [0.15, 0.2) is 0 Å². The normalized spacial score (nSPS) is 9.07. The lowest BCUT2D eigenvalue weighted by atomic mass is 10.3. The van der Waals surface area contributed by atoms with Crippen LogP contribution in [0.15, 0.2) is 59.8 Å². The van der Waals surface area contributed by atoms with E-state index in [4.69, 9.17) is 0 Å². The van der Waals surface area contributed by atoms with Gasteiger partial charge in [0.2, 0.25) is 0 Å². The average Bonchev–Trinajstić information content (AvgIpc) is 2.32. The van der Waals surface area contributed by atoms with Gasteiger partial charge in [-0.05, 0) is 41.3 Å². The topological polar surface area (TPSA) is 12.9 Å². The van der Waals surface area contributed by atoms with Crippen LogP contribution in [0.5, 0.6) is 0 Å². The Balaban J connectivity index is 2.03. The van der Waals surface area contributed by atoms with Crippen molar-refractivity contribution in [3.05, 3.63) is 60.4 Å².